The minimum absolute atomic E-state index is 0.495. The van der Waals surface area contributed by atoms with Crippen molar-refractivity contribution in [1.82, 2.24) is 14.5 Å². The largest absolute Gasteiger partial charge is 0.293 e. The summed E-state index contributed by atoms with van der Waals surface area (Å²) in [5, 5.41) is 2.39. The van der Waals surface area contributed by atoms with Crippen LogP contribution in [0.2, 0.25) is 0 Å². The van der Waals surface area contributed by atoms with Crippen molar-refractivity contribution in [2.75, 3.05) is 0 Å². The van der Waals surface area contributed by atoms with E-state index in [0.29, 0.717) is 5.82 Å². The van der Waals surface area contributed by atoms with Crippen LogP contribution < -0.4 is 0 Å². The van der Waals surface area contributed by atoms with Gasteiger partial charge in [-0.25, -0.2) is 9.97 Å². The van der Waals surface area contributed by atoms with Gasteiger partial charge in [0.15, 0.2) is 5.82 Å². The van der Waals surface area contributed by atoms with Crippen LogP contribution in [0.5, 0.6) is 0 Å². The molecule has 2 heterocycles. The van der Waals surface area contributed by atoms with Crippen LogP contribution >= 0.6 is 0 Å². The zero-order valence-corrected chi connectivity index (χ0v) is 34.2. The molecule has 0 N–H and O–H groups in total. The Morgan fingerprint density at radius 2 is 0.794 bits per heavy atom. The number of fused-ring (bicyclic) bond motifs is 20. The summed E-state index contributed by atoms with van der Waals surface area (Å²) in [6.45, 7) is 0. The fraction of sp³-hybridized carbons (Fsp3) is 0.0333. The van der Waals surface area contributed by atoms with Crippen molar-refractivity contribution in [2.24, 2.45) is 0 Å². The molecule has 9 aromatic carbocycles. The lowest BCUT2D eigenvalue weighted by Gasteiger charge is -2.48. The maximum absolute atomic E-state index is 5.47. The highest BCUT2D eigenvalue weighted by molar-refractivity contribution is 6.16. The van der Waals surface area contributed by atoms with Crippen LogP contribution in [-0.4, -0.2) is 14.5 Å². The van der Waals surface area contributed by atoms with Gasteiger partial charge in [0, 0.05) is 33.5 Å². The topological polar surface area (TPSA) is 30.7 Å². The lowest BCUT2D eigenvalue weighted by atomic mass is 9.52. The Labute approximate surface area is 365 Å². The van der Waals surface area contributed by atoms with Crippen LogP contribution in [0, 0.1) is 0 Å². The first kappa shape index (κ1) is 34.6. The Hall–Kier alpha value is -8.14. The molecule has 0 unspecified atom stereocenters. The van der Waals surface area contributed by atoms with E-state index in [9.17, 15) is 0 Å². The SMILES string of the molecule is c1ccc(-c2cc(-n3c4ccccc4c4ccc5c(c43)-c3ccccc3C53c4ccccc4C4(c5ccccc5-c5ccccc54)c4ccccc43)nc(-c3ccccc3)n2)cc1. The predicted molar refractivity (Wildman–Crippen MR) is 255 cm³/mol. The van der Waals surface area contributed by atoms with Gasteiger partial charge in [-0.2, -0.15) is 0 Å². The van der Waals surface area contributed by atoms with Gasteiger partial charge in [-0.05, 0) is 67.3 Å². The minimum Gasteiger partial charge on any atom is -0.293 e. The van der Waals surface area contributed by atoms with Crippen molar-refractivity contribution >= 4 is 21.8 Å². The number of hydrogen-bond donors (Lipinski definition) is 0. The van der Waals surface area contributed by atoms with Crippen molar-refractivity contribution in [1.29, 1.82) is 0 Å². The molecule has 3 aliphatic rings. The summed E-state index contributed by atoms with van der Waals surface area (Å²) in [7, 11) is 0. The van der Waals surface area contributed by atoms with Gasteiger partial charge in [0.05, 0.1) is 27.6 Å². The van der Waals surface area contributed by atoms with E-state index in [4.69, 9.17) is 9.97 Å². The van der Waals surface area contributed by atoms with Gasteiger partial charge < -0.3 is 0 Å². The second-order valence-corrected chi connectivity index (χ2v) is 17.1. The lowest BCUT2D eigenvalue weighted by molar-refractivity contribution is 0.633. The molecule has 0 saturated heterocycles. The van der Waals surface area contributed by atoms with E-state index in [1.165, 1.54) is 77.5 Å². The zero-order valence-electron chi connectivity index (χ0n) is 34.2. The van der Waals surface area contributed by atoms with Crippen LogP contribution in [-0.2, 0) is 10.8 Å². The standard InChI is InChI=1S/C60H37N3/c1-3-19-38(20-4-1)53-37-55(62-58(61-53)39-21-5-2-6-22-39)63-54-34-18-10-25-42(54)43-35-36-52-56(57(43)63)44-26-9-13-29-47(44)60(52)50-32-16-14-30-48(50)59(49-31-15-17-33-51(49)60)45-27-11-7-23-40(45)41-24-8-12-28-46(41)59/h1-37H. The highest BCUT2D eigenvalue weighted by atomic mass is 15.1. The molecule has 3 heteroatoms. The number of para-hydroxylation sites is 1. The Morgan fingerprint density at radius 1 is 0.333 bits per heavy atom. The molecule has 0 fully saturated rings. The Bertz CT molecular complexity index is 3540. The van der Waals surface area contributed by atoms with Crippen LogP contribution in [0.4, 0.5) is 0 Å². The molecule has 0 atom stereocenters. The molecule has 3 nitrogen and oxygen atoms in total. The quantitative estimate of drug-likeness (QED) is 0.178. The van der Waals surface area contributed by atoms with E-state index >= 15 is 0 Å². The van der Waals surface area contributed by atoms with Gasteiger partial charge in [0.25, 0.3) is 0 Å². The molecular weight excluding hydrogens is 763 g/mol. The molecule has 0 aliphatic heterocycles. The van der Waals surface area contributed by atoms with Gasteiger partial charge >= 0.3 is 0 Å². The van der Waals surface area contributed by atoms with E-state index in [0.717, 1.165) is 33.7 Å². The van der Waals surface area contributed by atoms with Crippen LogP contribution in [0.15, 0.2) is 224 Å². The maximum Gasteiger partial charge on any atom is 0.162 e. The molecular formula is C60H37N3. The Morgan fingerprint density at radius 3 is 1.40 bits per heavy atom. The molecule has 63 heavy (non-hydrogen) atoms. The van der Waals surface area contributed by atoms with Gasteiger partial charge in [0.1, 0.15) is 5.82 Å². The molecule has 2 spiro atoms. The number of aromatic nitrogens is 3. The van der Waals surface area contributed by atoms with Crippen molar-refractivity contribution < 1.29 is 0 Å². The third-order valence-corrected chi connectivity index (χ3v) is 14.3. The monoisotopic (exact) mass is 799 g/mol. The van der Waals surface area contributed by atoms with E-state index < -0.39 is 10.8 Å². The van der Waals surface area contributed by atoms with Gasteiger partial charge in [-0.15, -0.1) is 0 Å². The molecule has 0 bridgehead atoms. The summed E-state index contributed by atoms with van der Waals surface area (Å²) in [5.74, 6) is 1.53. The smallest absolute Gasteiger partial charge is 0.162 e. The average Bonchev–Trinajstić information content (AvgIpc) is 3.97. The fourth-order valence-corrected chi connectivity index (χ4v) is 12.0. The molecule has 0 amide bonds. The first-order chi connectivity index (χ1) is 31.3. The number of nitrogens with zero attached hydrogens (tertiary/aromatic N) is 3. The van der Waals surface area contributed by atoms with Crippen molar-refractivity contribution in [3.8, 4) is 50.7 Å². The highest BCUT2D eigenvalue weighted by Gasteiger charge is 2.59. The molecule has 0 radical (unpaired) electrons. The first-order valence-corrected chi connectivity index (χ1v) is 21.8. The maximum atomic E-state index is 5.47. The third kappa shape index (κ3) is 4.33. The second-order valence-electron chi connectivity index (χ2n) is 17.1. The number of rotatable bonds is 3. The summed E-state index contributed by atoms with van der Waals surface area (Å²) in [5.41, 5.74) is 19.8. The van der Waals surface area contributed by atoms with E-state index in [1.807, 2.05) is 6.07 Å². The number of hydrogen-bond acceptors (Lipinski definition) is 2. The summed E-state index contributed by atoms with van der Waals surface area (Å²) in [6, 6.07) is 82.7. The van der Waals surface area contributed by atoms with E-state index in [1.54, 1.807) is 0 Å². The van der Waals surface area contributed by atoms with Crippen LogP contribution in [0.25, 0.3) is 72.5 Å². The zero-order chi connectivity index (χ0) is 41.3. The molecule has 2 aromatic heterocycles. The summed E-state index contributed by atoms with van der Waals surface area (Å²) in [4.78, 5) is 10.7. The molecule has 11 aromatic rings. The first-order valence-electron chi connectivity index (χ1n) is 21.8. The van der Waals surface area contributed by atoms with E-state index in [-0.39, 0.29) is 0 Å². The number of benzene rings is 9. The lowest BCUT2D eigenvalue weighted by Crippen LogP contribution is -2.43. The molecule has 292 valence electrons. The fourth-order valence-electron chi connectivity index (χ4n) is 12.0. The van der Waals surface area contributed by atoms with Gasteiger partial charge in [0.2, 0.25) is 0 Å². The molecule has 3 aliphatic carbocycles. The van der Waals surface area contributed by atoms with Gasteiger partial charge in [-0.3, -0.25) is 4.57 Å². The van der Waals surface area contributed by atoms with Crippen LogP contribution in [0.3, 0.4) is 0 Å². The van der Waals surface area contributed by atoms with Gasteiger partial charge in [-0.1, -0.05) is 212 Å². The minimum atomic E-state index is -0.609. The second kappa shape index (κ2) is 12.7. The van der Waals surface area contributed by atoms with E-state index in [2.05, 4.69) is 223 Å². The summed E-state index contributed by atoms with van der Waals surface area (Å²) >= 11 is 0. The third-order valence-electron chi connectivity index (χ3n) is 14.3. The highest BCUT2D eigenvalue weighted by Crippen LogP contribution is 2.68. The molecule has 0 saturated carbocycles. The van der Waals surface area contributed by atoms with Crippen molar-refractivity contribution in [3.05, 3.63) is 269 Å². The predicted octanol–water partition coefficient (Wildman–Crippen LogP) is 13.9. The van der Waals surface area contributed by atoms with Crippen molar-refractivity contribution in [3.63, 3.8) is 0 Å². The normalized spacial score (nSPS) is 14.3. The van der Waals surface area contributed by atoms with Crippen molar-refractivity contribution in [2.45, 2.75) is 10.8 Å². The molecule has 14 rings (SSSR count). The summed E-state index contributed by atoms with van der Waals surface area (Å²) < 4.78 is 2.42. The summed E-state index contributed by atoms with van der Waals surface area (Å²) in [6.07, 6.45) is 0. The Kier molecular flexibility index (Phi) is 6.97. The Balaban J connectivity index is 1.13. The van der Waals surface area contributed by atoms with Crippen LogP contribution in [0.1, 0.15) is 44.5 Å². The average molecular weight is 800 g/mol.